The molecular formula is C17H22N2O4S. The highest BCUT2D eigenvalue weighted by Gasteiger charge is 2.38. The Morgan fingerprint density at radius 3 is 2.83 bits per heavy atom. The van der Waals surface area contributed by atoms with E-state index in [-0.39, 0.29) is 4.90 Å². The summed E-state index contributed by atoms with van der Waals surface area (Å²) < 4.78 is 34.0. The van der Waals surface area contributed by atoms with E-state index < -0.39 is 15.8 Å². The summed E-state index contributed by atoms with van der Waals surface area (Å²) in [5.41, 5.74) is 0.874. The lowest BCUT2D eigenvalue weighted by molar-refractivity contribution is 0.315. The van der Waals surface area contributed by atoms with E-state index in [1.165, 1.54) is 42.4 Å². The van der Waals surface area contributed by atoms with Crippen LogP contribution in [-0.2, 0) is 17.1 Å². The van der Waals surface area contributed by atoms with Crippen LogP contribution in [0.3, 0.4) is 0 Å². The zero-order valence-corrected chi connectivity index (χ0v) is 14.5. The monoisotopic (exact) mass is 350 g/mol. The molecule has 1 N–H and O–H groups in total. The summed E-state index contributed by atoms with van der Waals surface area (Å²) >= 11 is 0. The summed E-state index contributed by atoms with van der Waals surface area (Å²) in [6.45, 7) is 0.465. The molecule has 2 aliphatic carbocycles. The summed E-state index contributed by atoms with van der Waals surface area (Å²) in [4.78, 5) is 11.6. The Morgan fingerprint density at radius 2 is 2.12 bits per heavy atom. The molecule has 3 atom stereocenters. The van der Waals surface area contributed by atoms with Gasteiger partial charge in [-0.25, -0.2) is 17.9 Å². The molecule has 1 aromatic carbocycles. The van der Waals surface area contributed by atoms with E-state index >= 15 is 0 Å². The van der Waals surface area contributed by atoms with Gasteiger partial charge in [-0.15, -0.1) is 0 Å². The first-order valence-corrected chi connectivity index (χ1v) is 10.0. The molecule has 0 saturated heterocycles. The molecule has 7 heteroatoms. The average Bonchev–Trinajstić information content (AvgIpc) is 3.23. The largest absolute Gasteiger partial charge is 0.419 e. The van der Waals surface area contributed by atoms with Gasteiger partial charge >= 0.3 is 5.76 Å². The lowest BCUT2D eigenvalue weighted by Crippen LogP contribution is -2.27. The van der Waals surface area contributed by atoms with E-state index in [2.05, 4.69) is 4.72 Å². The minimum Gasteiger partial charge on any atom is -0.408 e. The number of hydrogen-bond acceptors (Lipinski definition) is 4. The van der Waals surface area contributed by atoms with Crippen molar-refractivity contribution in [2.45, 2.75) is 37.0 Å². The van der Waals surface area contributed by atoms with Crippen LogP contribution in [0.2, 0.25) is 0 Å². The fourth-order valence-corrected chi connectivity index (χ4v) is 5.54. The summed E-state index contributed by atoms with van der Waals surface area (Å²) in [5.74, 6) is 1.85. The molecule has 4 rings (SSSR count). The number of hydrogen-bond donors (Lipinski definition) is 1. The predicted molar refractivity (Wildman–Crippen MR) is 90.2 cm³/mol. The van der Waals surface area contributed by atoms with Gasteiger partial charge in [-0.3, -0.25) is 4.57 Å². The van der Waals surface area contributed by atoms with Crippen molar-refractivity contribution in [3.05, 3.63) is 28.7 Å². The van der Waals surface area contributed by atoms with Crippen LogP contribution in [0.4, 0.5) is 0 Å². The molecule has 2 saturated carbocycles. The lowest BCUT2D eigenvalue weighted by Gasteiger charge is -2.21. The van der Waals surface area contributed by atoms with Crippen molar-refractivity contribution in [3.63, 3.8) is 0 Å². The van der Waals surface area contributed by atoms with E-state index in [1.54, 1.807) is 13.1 Å². The van der Waals surface area contributed by atoms with E-state index in [4.69, 9.17) is 4.42 Å². The van der Waals surface area contributed by atoms with E-state index in [9.17, 15) is 13.2 Å². The standard InChI is InChI=1S/C17H22N2O4S/c1-19-15-5-4-14(10-16(15)23-17(19)20)24(21,22)18-7-6-13-9-11-2-3-12(13)8-11/h4-5,10-13,18H,2-3,6-9H2,1H3/t11-,12-,13+/m0/s1. The summed E-state index contributed by atoms with van der Waals surface area (Å²) in [7, 11) is -1.99. The van der Waals surface area contributed by atoms with Crippen LogP contribution >= 0.6 is 0 Å². The zero-order chi connectivity index (χ0) is 16.9. The zero-order valence-electron chi connectivity index (χ0n) is 13.7. The Kier molecular flexibility index (Phi) is 3.80. The second-order valence-electron chi connectivity index (χ2n) is 7.18. The molecule has 1 aromatic heterocycles. The van der Waals surface area contributed by atoms with Gasteiger partial charge in [0.2, 0.25) is 10.0 Å². The number of aromatic nitrogens is 1. The summed E-state index contributed by atoms with van der Waals surface area (Å²) in [5, 5.41) is 0. The topological polar surface area (TPSA) is 81.3 Å². The normalized spacial score (nSPS) is 26.5. The van der Waals surface area contributed by atoms with Crippen LogP contribution in [0.1, 0.15) is 32.1 Å². The van der Waals surface area contributed by atoms with Gasteiger partial charge in [0.15, 0.2) is 5.58 Å². The van der Waals surface area contributed by atoms with Crippen molar-refractivity contribution >= 4 is 21.1 Å². The molecule has 130 valence electrons. The fourth-order valence-electron chi connectivity index (χ4n) is 4.47. The first-order valence-electron chi connectivity index (χ1n) is 8.53. The number of nitrogens with one attached hydrogen (secondary N) is 1. The number of aryl methyl sites for hydroxylation is 1. The number of nitrogens with zero attached hydrogens (tertiary/aromatic N) is 1. The number of oxazole rings is 1. The average molecular weight is 350 g/mol. The molecular weight excluding hydrogens is 328 g/mol. The number of fused-ring (bicyclic) bond motifs is 3. The molecule has 6 nitrogen and oxygen atoms in total. The van der Waals surface area contributed by atoms with E-state index in [0.29, 0.717) is 23.6 Å². The highest BCUT2D eigenvalue weighted by atomic mass is 32.2. The number of rotatable bonds is 5. The second kappa shape index (κ2) is 5.74. The van der Waals surface area contributed by atoms with Gasteiger partial charge in [0, 0.05) is 19.7 Å². The molecule has 24 heavy (non-hydrogen) atoms. The van der Waals surface area contributed by atoms with Gasteiger partial charge in [-0.1, -0.05) is 6.42 Å². The van der Waals surface area contributed by atoms with Gasteiger partial charge in [0.25, 0.3) is 0 Å². The van der Waals surface area contributed by atoms with Crippen molar-refractivity contribution < 1.29 is 12.8 Å². The molecule has 2 bridgehead atoms. The van der Waals surface area contributed by atoms with Crippen molar-refractivity contribution in [1.29, 1.82) is 0 Å². The third kappa shape index (κ3) is 2.69. The maximum absolute atomic E-state index is 12.5. The maximum atomic E-state index is 12.5. The van der Waals surface area contributed by atoms with Gasteiger partial charge in [0.05, 0.1) is 10.4 Å². The van der Waals surface area contributed by atoms with Crippen LogP contribution in [0.5, 0.6) is 0 Å². The van der Waals surface area contributed by atoms with Gasteiger partial charge < -0.3 is 4.42 Å². The maximum Gasteiger partial charge on any atom is 0.419 e. The van der Waals surface area contributed by atoms with Gasteiger partial charge in [0.1, 0.15) is 0 Å². The van der Waals surface area contributed by atoms with E-state index in [0.717, 1.165) is 18.3 Å². The lowest BCUT2D eigenvalue weighted by atomic mass is 9.86. The Hall–Kier alpha value is -1.60. The Bertz CT molecular complexity index is 928. The third-order valence-electron chi connectivity index (χ3n) is 5.77. The first-order chi connectivity index (χ1) is 11.4. The van der Waals surface area contributed by atoms with Gasteiger partial charge in [-0.2, -0.15) is 0 Å². The smallest absolute Gasteiger partial charge is 0.408 e. The van der Waals surface area contributed by atoms with E-state index in [1.807, 2.05) is 0 Å². The molecule has 0 aliphatic heterocycles. The van der Waals surface area contributed by atoms with Crippen LogP contribution in [0.25, 0.3) is 11.1 Å². The molecule has 2 aromatic rings. The molecule has 0 amide bonds. The quantitative estimate of drug-likeness (QED) is 0.897. The molecule has 2 aliphatic rings. The van der Waals surface area contributed by atoms with Crippen LogP contribution in [0, 0.1) is 17.8 Å². The van der Waals surface area contributed by atoms with Crippen LogP contribution in [-0.4, -0.2) is 19.5 Å². The minimum atomic E-state index is -3.58. The van der Waals surface area contributed by atoms with Crippen molar-refractivity contribution in [2.75, 3.05) is 6.54 Å². The van der Waals surface area contributed by atoms with Crippen LogP contribution < -0.4 is 10.5 Å². The molecule has 2 fully saturated rings. The molecule has 0 unspecified atom stereocenters. The highest BCUT2D eigenvalue weighted by molar-refractivity contribution is 7.89. The summed E-state index contributed by atoms with van der Waals surface area (Å²) in [6.07, 6.45) is 6.17. The Morgan fingerprint density at radius 1 is 1.29 bits per heavy atom. The SMILES string of the molecule is Cn1c(=O)oc2cc(S(=O)(=O)NCC[C@@H]3C[C@H]4CC[C@H]3C4)ccc21. The number of sulfonamides is 1. The third-order valence-corrected chi connectivity index (χ3v) is 7.22. The predicted octanol–water partition coefficient (Wildman–Crippen LogP) is 2.24. The molecule has 0 spiro atoms. The second-order valence-corrected chi connectivity index (χ2v) is 8.94. The van der Waals surface area contributed by atoms with Gasteiger partial charge in [-0.05, 0) is 55.6 Å². The Labute approximate surface area is 140 Å². The number of benzene rings is 1. The minimum absolute atomic E-state index is 0.136. The van der Waals surface area contributed by atoms with Crippen LogP contribution in [0.15, 0.2) is 32.3 Å². The summed E-state index contributed by atoms with van der Waals surface area (Å²) in [6, 6.07) is 4.53. The Balaban J connectivity index is 1.45. The van der Waals surface area contributed by atoms with Crippen molar-refractivity contribution in [2.24, 2.45) is 24.8 Å². The van der Waals surface area contributed by atoms with Crippen molar-refractivity contribution in [3.8, 4) is 0 Å². The van der Waals surface area contributed by atoms with Crippen molar-refractivity contribution in [1.82, 2.24) is 9.29 Å². The molecule has 1 heterocycles. The first kappa shape index (κ1) is 15.9. The fraction of sp³-hybridized carbons (Fsp3) is 0.588. The highest BCUT2D eigenvalue weighted by Crippen LogP contribution is 2.49. The molecule has 0 radical (unpaired) electrons.